The molecule has 0 aromatic rings. The standard InChI is InChI=1S/C78H135N7O35/c1-8-77(6)41-85(42-78(77,7)43-90)60(98)15-9-12-50(94)36-48(71(107)84-52(72(108)80-23-27-112-30-33-114-74-45(3)64(100)66(102)55(38-87)118-74)18-17-49(93)13-10-24-109-28-32-113-73-44(2)63(99)65(101)54(37-86)117-73)16-20-59(97)83-51(53(95)14-11-25-110-29-34-115-75-61(81-46(4)91)69(105)67(103)56(39-88)119-75)19-21-58(96)79-22-26-111-31-35-116-76-62(82-47(5)92)70(106)68(104)57(40-89)120-76/h44-45,48,51-52,54-57,61-70,73-76,86-90,99-106H,8-43H2,1-7H3,(H,79,96)(H,80,108)(H,81,91)(H,82,92)(H,83,97)(H,84,107)/t44-,45-,48+,51-,52-,54-,55-,56-,57-,61-,62-,63-,64-,65+,66+,67+,68+,69-,70-,73?,74?,75?,76?,77+,78+/m1/s1. The van der Waals surface area contributed by atoms with E-state index in [1.54, 1.807) is 18.7 Å². The molecule has 0 aliphatic carbocycles. The molecule has 42 nitrogen and oxygen atoms in total. The van der Waals surface area contributed by atoms with E-state index < -0.39 is 232 Å². The fourth-order valence-corrected chi connectivity index (χ4v) is 14.6. The Morgan fingerprint density at radius 2 is 0.842 bits per heavy atom. The molecule has 5 saturated heterocycles. The lowest BCUT2D eigenvalue weighted by atomic mass is 9.67. The average molecular weight is 1730 g/mol. The minimum absolute atomic E-state index is 0.00427. The summed E-state index contributed by atoms with van der Waals surface area (Å²) in [7, 11) is 0. The summed E-state index contributed by atoms with van der Waals surface area (Å²) < 4.78 is 67.8. The number of ether oxygens (including phenoxy) is 12. The second-order valence-electron chi connectivity index (χ2n) is 31.8. The van der Waals surface area contributed by atoms with Crippen LogP contribution in [0.2, 0.25) is 0 Å². The van der Waals surface area contributed by atoms with Crippen molar-refractivity contribution in [1.29, 1.82) is 0 Å². The van der Waals surface area contributed by atoms with Gasteiger partial charge in [0.15, 0.2) is 30.9 Å². The summed E-state index contributed by atoms with van der Waals surface area (Å²) in [5.74, 6) is -8.45. The smallest absolute Gasteiger partial charge is 0.242 e. The zero-order chi connectivity index (χ0) is 88.8. The van der Waals surface area contributed by atoms with Gasteiger partial charge < -0.3 is 160 Å². The molecule has 5 rings (SSSR count). The van der Waals surface area contributed by atoms with Crippen LogP contribution in [0, 0.1) is 28.6 Å². The Bertz CT molecular complexity index is 3100. The van der Waals surface area contributed by atoms with Gasteiger partial charge in [-0.2, -0.15) is 0 Å². The number of likely N-dealkylation sites (tertiary alicyclic amines) is 1. The first-order valence-corrected chi connectivity index (χ1v) is 41.5. The Hall–Kier alpha value is -5.70. The minimum Gasteiger partial charge on any atom is -0.396 e. The van der Waals surface area contributed by atoms with Crippen LogP contribution in [0.4, 0.5) is 0 Å². The van der Waals surface area contributed by atoms with Crippen molar-refractivity contribution in [3.63, 3.8) is 0 Å². The van der Waals surface area contributed by atoms with Crippen LogP contribution in [0.3, 0.4) is 0 Å². The van der Waals surface area contributed by atoms with Gasteiger partial charge in [-0.05, 0) is 50.4 Å². The molecule has 7 amide bonds. The molecule has 5 heterocycles. The molecule has 25 atom stereocenters. The van der Waals surface area contributed by atoms with Crippen molar-refractivity contribution >= 4 is 58.7 Å². The number of hydrogen-bond donors (Lipinski definition) is 19. The molecule has 5 aliphatic rings. The Morgan fingerprint density at radius 1 is 0.425 bits per heavy atom. The fraction of sp³-hybridized carbons (Fsp3) is 0.872. The van der Waals surface area contributed by atoms with Crippen LogP contribution in [0.15, 0.2) is 0 Å². The second kappa shape index (κ2) is 54.2. The largest absolute Gasteiger partial charge is 0.396 e. The predicted octanol–water partition coefficient (Wildman–Crippen LogP) is -6.60. The third-order valence-corrected chi connectivity index (χ3v) is 22.6. The Balaban J connectivity index is 1.29. The average Bonchev–Trinajstić information content (AvgIpc) is 1.64. The van der Waals surface area contributed by atoms with Gasteiger partial charge in [0, 0.05) is 128 Å². The van der Waals surface area contributed by atoms with Crippen molar-refractivity contribution < 1.29 is 171 Å². The highest BCUT2D eigenvalue weighted by Crippen LogP contribution is 2.48. The normalized spacial score (nSPS) is 30.8. The lowest BCUT2D eigenvalue weighted by molar-refractivity contribution is -0.284. The monoisotopic (exact) mass is 1730 g/mol. The van der Waals surface area contributed by atoms with Gasteiger partial charge in [-0.15, -0.1) is 0 Å². The number of nitrogens with one attached hydrogen (secondary N) is 6. The summed E-state index contributed by atoms with van der Waals surface area (Å²) >= 11 is 0. The number of nitrogens with zero attached hydrogens (tertiary/aromatic N) is 1. The van der Waals surface area contributed by atoms with Crippen molar-refractivity contribution in [2.45, 2.75) is 267 Å². The van der Waals surface area contributed by atoms with Gasteiger partial charge in [0.1, 0.15) is 90.7 Å². The van der Waals surface area contributed by atoms with Crippen LogP contribution in [-0.2, 0) is 105 Å². The van der Waals surface area contributed by atoms with Gasteiger partial charge in [-0.3, -0.25) is 47.9 Å². The van der Waals surface area contributed by atoms with Crippen LogP contribution in [-0.4, -0.2) is 391 Å². The first-order valence-electron chi connectivity index (χ1n) is 41.5. The highest BCUT2D eigenvalue weighted by atomic mass is 16.7. The molecule has 0 aromatic heterocycles. The van der Waals surface area contributed by atoms with Crippen LogP contribution >= 0.6 is 0 Å². The summed E-state index contributed by atoms with van der Waals surface area (Å²) in [6, 6.07) is -5.20. The van der Waals surface area contributed by atoms with E-state index in [2.05, 4.69) is 31.9 Å². The number of hydrogen-bond acceptors (Lipinski definition) is 35. The van der Waals surface area contributed by atoms with Gasteiger partial charge in [-0.25, -0.2) is 0 Å². The number of aliphatic hydroxyl groups is 13. The molecule has 692 valence electrons. The molecule has 0 bridgehead atoms. The van der Waals surface area contributed by atoms with Gasteiger partial charge >= 0.3 is 0 Å². The molecule has 0 radical (unpaired) electrons. The maximum Gasteiger partial charge on any atom is 0.242 e. The number of carbonyl (C=O) groups excluding carboxylic acids is 10. The van der Waals surface area contributed by atoms with E-state index in [1.807, 2.05) is 20.8 Å². The molecule has 4 unspecified atom stereocenters. The zero-order valence-electron chi connectivity index (χ0n) is 70.0. The number of aliphatic hydroxyl groups excluding tert-OH is 13. The van der Waals surface area contributed by atoms with Crippen molar-refractivity contribution in [3.8, 4) is 0 Å². The summed E-state index contributed by atoms with van der Waals surface area (Å²) in [6.07, 6.45) is -22.5. The maximum atomic E-state index is 14.8. The topological polar surface area (TPSA) is 620 Å². The lowest BCUT2D eigenvalue weighted by Gasteiger charge is -2.42. The summed E-state index contributed by atoms with van der Waals surface area (Å²) in [5, 5.41) is 148. The molecule has 0 spiro atoms. The van der Waals surface area contributed by atoms with Gasteiger partial charge in [-0.1, -0.05) is 34.6 Å². The molecule has 19 N–H and O–H groups in total. The number of Topliss-reactive ketones (excluding diaryl/α,β-unsaturated/α-hetero) is 3. The van der Waals surface area contributed by atoms with Crippen LogP contribution in [0.1, 0.15) is 145 Å². The van der Waals surface area contributed by atoms with Crippen LogP contribution in [0.5, 0.6) is 0 Å². The number of carbonyl (C=O) groups is 10. The van der Waals surface area contributed by atoms with Crippen molar-refractivity contribution in [2.75, 3.05) is 138 Å². The first-order chi connectivity index (χ1) is 57.1. The molecule has 0 aromatic carbocycles. The molecular formula is C78H135N7O35. The molecule has 5 aliphatic heterocycles. The first kappa shape index (κ1) is 105. The Morgan fingerprint density at radius 3 is 1.30 bits per heavy atom. The SMILES string of the molecule is CC[C@@]1(C)CN(C(=O)CCCC(=O)C[C@H](CCC(=O)N[C@H](CCC(=O)NCCOCCOC2O[C@H](CO)[C@H](O)[C@H](O)[C@H]2NC(C)=O)C(=O)CCCOCCOC2O[C@H](CO)[C@H](O)[C@H](O)[C@H]2NC(C)=O)C(=O)N[C@H](CCC(=O)CCCOCCOC2O[C@H](CO)[C@H](O)[C@H](O)[C@H]2C)C(=O)NCCOCCOC2O[C@H](CO)[C@H](O)[C@H](O)[C@H]2C)C[C@@]1(C)CO. The van der Waals surface area contributed by atoms with Crippen molar-refractivity contribution in [3.05, 3.63) is 0 Å². The highest BCUT2D eigenvalue weighted by Gasteiger charge is 2.53. The van der Waals surface area contributed by atoms with Crippen molar-refractivity contribution in [2.24, 2.45) is 28.6 Å². The zero-order valence-corrected chi connectivity index (χ0v) is 70.0. The summed E-state index contributed by atoms with van der Waals surface area (Å²) in [4.78, 5) is 138. The predicted molar refractivity (Wildman–Crippen MR) is 415 cm³/mol. The Kier molecular flexibility index (Phi) is 47.4. The number of rotatable bonds is 58. The molecule has 5 fully saturated rings. The summed E-state index contributed by atoms with van der Waals surface area (Å²) in [6.45, 7) is 8.48. The van der Waals surface area contributed by atoms with E-state index >= 15 is 0 Å². The van der Waals surface area contributed by atoms with E-state index in [0.717, 1.165) is 0 Å². The van der Waals surface area contributed by atoms with E-state index in [9.17, 15) is 114 Å². The van der Waals surface area contributed by atoms with E-state index in [-0.39, 0.29) is 193 Å². The fourth-order valence-electron chi connectivity index (χ4n) is 14.6. The third kappa shape index (κ3) is 33.3. The van der Waals surface area contributed by atoms with Gasteiger partial charge in [0.25, 0.3) is 0 Å². The second-order valence-corrected chi connectivity index (χ2v) is 31.8. The van der Waals surface area contributed by atoms with E-state index in [4.69, 9.17) is 56.8 Å². The van der Waals surface area contributed by atoms with Crippen LogP contribution < -0.4 is 31.9 Å². The third-order valence-electron chi connectivity index (χ3n) is 22.6. The molecular weight excluding hydrogens is 1590 g/mol. The van der Waals surface area contributed by atoms with Gasteiger partial charge in [0.2, 0.25) is 41.4 Å². The molecule has 42 heteroatoms. The molecule has 0 saturated carbocycles. The maximum absolute atomic E-state index is 14.8. The van der Waals surface area contributed by atoms with Gasteiger partial charge in [0.05, 0.1) is 117 Å². The summed E-state index contributed by atoms with van der Waals surface area (Å²) in [5.41, 5.74) is -0.972. The number of ketones is 3. The van der Waals surface area contributed by atoms with Crippen LogP contribution in [0.25, 0.3) is 0 Å². The highest BCUT2D eigenvalue weighted by molar-refractivity contribution is 5.93. The quantitative estimate of drug-likeness (QED) is 0.0252. The Labute approximate surface area is 698 Å². The minimum atomic E-state index is -1.57. The lowest BCUT2D eigenvalue weighted by Crippen LogP contribution is -2.64. The van der Waals surface area contributed by atoms with E-state index in [0.29, 0.717) is 19.5 Å². The number of amides is 7. The molecule has 120 heavy (non-hydrogen) atoms. The van der Waals surface area contributed by atoms with Crippen molar-refractivity contribution in [1.82, 2.24) is 36.8 Å². The van der Waals surface area contributed by atoms with E-state index in [1.165, 1.54) is 13.8 Å².